The summed E-state index contributed by atoms with van der Waals surface area (Å²) in [6, 6.07) is 41.2. The average molecular weight is 759 g/mol. The molecule has 0 radical (unpaired) electrons. The quantitative estimate of drug-likeness (QED) is 0.141. The van der Waals surface area contributed by atoms with E-state index in [9.17, 15) is 0 Å². The molecule has 254 valence electrons. The van der Waals surface area contributed by atoms with E-state index in [0.717, 1.165) is 0 Å². The lowest BCUT2D eigenvalue weighted by Crippen LogP contribution is -2.41. The molecule has 0 bridgehead atoms. The Morgan fingerprint density at radius 1 is 0.296 bits per heavy atom. The second-order valence-corrected chi connectivity index (χ2v) is 24.5. The number of fused-ring (bicyclic) bond motifs is 10. The van der Waals surface area contributed by atoms with E-state index < -0.39 is 12.1 Å². The molecular formula is C50H32P2S2. The van der Waals surface area contributed by atoms with Gasteiger partial charge < -0.3 is 0 Å². The summed E-state index contributed by atoms with van der Waals surface area (Å²) in [5.41, 5.74) is 16.1. The van der Waals surface area contributed by atoms with Crippen molar-refractivity contribution in [1.82, 2.24) is 0 Å². The van der Waals surface area contributed by atoms with Gasteiger partial charge in [-0.2, -0.15) is 0 Å². The number of hydrogen-bond acceptors (Lipinski definition) is 2. The van der Waals surface area contributed by atoms with Gasteiger partial charge in [-0.1, -0.05) is 145 Å². The Balaban J connectivity index is 1.46. The van der Waals surface area contributed by atoms with Crippen LogP contribution in [0.1, 0.15) is 22.3 Å². The van der Waals surface area contributed by atoms with Crippen molar-refractivity contribution in [2.75, 3.05) is 0 Å². The van der Waals surface area contributed by atoms with Crippen molar-refractivity contribution in [2.45, 2.75) is 27.7 Å². The number of rotatable bonds is 0. The summed E-state index contributed by atoms with van der Waals surface area (Å²) in [6.45, 7) is 9.29. The first-order valence-electron chi connectivity index (χ1n) is 18.8. The van der Waals surface area contributed by atoms with Crippen molar-refractivity contribution in [2.24, 2.45) is 0 Å². The van der Waals surface area contributed by atoms with Crippen LogP contribution in [0.25, 0.3) is 87.6 Å². The molecule has 4 aliphatic rings. The lowest BCUT2D eigenvalue weighted by molar-refractivity contribution is 1.45. The third-order valence-electron chi connectivity index (χ3n) is 13.4. The average Bonchev–Trinajstić information content (AvgIpc) is 3.18. The summed E-state index contributed by atoms with van der Waals surface area (Å²) < 4.78 is 0. The zero-order valence-electron chi connectivity index (χ0n) is 30.3. The van der Waals surface area contributed by atoms with E-state index in [1.165, 1.54) is 142 Å². The van der Waals surface area contributed by atoms with Crippen LogP contribution in [0.3, 0.4) is 0 Å². The van der Waals surface area contributed by atoms with Crippen molar-refractivity contribution in [3.05, 3.63) is 144 Å². The van der Waals surface area contributed by atoms with E-state index in [1.807, 2.05) is 0 Å². The molecule has 0 nitrogen and oxygen atoms in total. The normalized spacial score (nSPS) is 15.5. The topological polar surface area (TPSA) is 0 Å². The molecule has 4 aliphatic heterocycles. The third kappa shape index (κ3) is 3.16. The van der Waals surface area contributed by atoms with Crippen LogP contribution in [0.2, 0.25) is 0 Å². The fourth-order valence-electron chi connectivity index (χ4n) is 11.3. The van der Waals surface area contributed by atoms with Crippen LogP contribution in [0.15, 0.2) is 121 Å². The fourth-order valence-corrected chi connectivity index (χ4v) is 21.2. The molecule has 54 heavy (non-hydrogen) atoms. The molecule has 0 saturated heterocycles. The van der Waals surface area contributed by atoms with Gasteiger partial charge in [0.25, 0.3) is 0 Å². The summed E-state index contributed by atoms with van der Waals surface area (Å²) >= 11 is 15.2. The maximum atomic E-state index is 7.58. The lowest BCUT2D eigenvalue weighted by Gasteiger charge is -2.46. The second kappa shape index (κ2) is 9.75. The van der Waals surface area contributed by atoms with Gasteiger partial charge in [0.15, 0.2) is 0 Å². The van der Waals surface area contributed by atoms with Gasteiger partial charge in [0.2, 0.25) is 0 Å². The first kappa shape index (κ1) is 30.6. The number of aryl methyl sites for hydroxylation is 4. The smallest absolute Gasteiger partial charge is 0.0404 e. The van der Waals surface area contributed by atoms with Crippen LogP contribution in [0, 0.1) is 27.7 Å². The molecule has 0 amide bonds. The Hall–Kier alpha value is -4.68. The predicted molar refractivity (Wildman–Crippen MR) is 244 cm³/mol. The zero-order valence-corrected chi connectivity index (χ0v) is 33.7. The van der Waals surface area contributed by atoms with E-state index >= 15 is 0 Å². The fraction of sp³-hybridized carbons (Fsp3) is 0.0800. The molecular weight excluding hydrogens is 727 g/mol. The number of hydrogen-bond donors (Lipinski definition) is 0. The molecule has 0 spiro atoms. The summed E-state index contributed by atoms with van der Waals surface area (Å²) in [6.07, 6.45) is 0. The van der Waals surface area contributed by atoms with Crippen molar-refractivity contribution < 1.29 is 0 Å². The highest BCUT2D eigenvalue weighted by atomic mass is 32.4. The van der Waals surface area contributed by atoms with Gasteiger partial charge in [0.1, 0.15) is 0 Å². The Morgan fingerprint density at radius 3 is 0.778 bits per heavy atom. The molecule has 4 heterocycles. The van der Waals surface area contributed by atoms with Crippen molar-refractivity contribution >= 4 is 111 Å². The summed E-state index contributed by atoms with van der Waals surface area (Å²) in [4.78, 5) is 0. The monoisotopic (exact) mass is 758 g/mol. The summed E-state index contributed by atoms with van der Waals surface area (Å²) in [5.74, 6) is 0. The van der Waals surface area contributed by atoms with Gasteiger partial charge >= 0.3 is 0 Å². The van der Waals surface area contributed by atoms with E-state index in [0.29, 0.717) is 0 Å². The van der Waals surface area contributed by atoms with Gasteiger partial charge in [-0.05, 0) is 115 Å². The van der Waals surface area contributed by atoms with E-state index in [1.54, 1.807) is 0 Å². The van der Waals surface area contributed by atoms with Crippen molar-refractivity contribution in [1.29, 1.82) is 0 Å². The van der Waals surface area contributed by atoms with Crippen molar-refractivity contribution in [3.63, 3.8) is 0 Å². The van der Waals surface area contributed by atoms with Crippen LogP contribution in [0.5, 0.6) is 0 Å². The Morgan fingerprint density at radius 2 is 0.537 bits per heavy atom. The maximum Gasteiger partial charge on any atom is 0.0404 e. The number of benzene rings is 9. The zero-order chi connectivity index (χ0) is 36.2. The van der Waals surface area contributed by atoms with Gasteiger partial charge in [-0.15, -0.1) is 0 Å². The minimum atomic E-state index is -2.64. The molecule has 4 heteroatoms. The van der Waals surface area contributed by atoms with E-state index in [4.69, 9.17) is 23.6 Å². The highest BCUT2D eigenvalue weighted by Gasteiger charge is 2.50. The molecule has 0 unspecified atom stereocenters. The summed E-state index contributed by atoms with van der Waals surface area (Å²) in [5, 5.41) is 18.6. The Labute approximate surface area is 324 Å². The second-order valence-electron chi connectivity index (χ2n) is 15.9. The molecule has 0 aliphatic carbocycles. The lowest BCUT2D eigenvalue weighted by atomic mass is 9.77. The Bertz CT molecular complexity index is 3040. The SMILES string of the molecule is Cc1ccc2cccc3c2c1-c1c2c4c(c5c1P3(=S)c1cccc3ccc(C)c-5c13)-c1c(C)ccc3cccc(c13)P4(=S)c1cccc3ccc(C)c-2c13. The molecule has 9 aromatic carbocycles. The molecule has 0 atom stereocenters. The molecule has 13 rings (SSSR count). The van der Waals surface area contributed by atoms with Gasteiger partial charge in [0.05, 0.1) is 0 Å². The minimum absolute atomic E-state index is 1.27. The summed E-state index contributed by atoms with van der Waals surface area (Å²) in [7, 11) is 0. The highest BCUT2D eigenvalue weighted by molar-refractivity contribution is 8.27. The first-order valence-corrected chi connectivity index (χ1v) is 24.4. The Kier molecular flexibility index (Phi) is 5.53. The molecule has 0 aromatic heterocycles. The highest BCUT2D eigenvalue weighted by Crippen LogP contribution is 2.67. The van der Waals surface area contributed by atoms with Gasteiger partial charge in [-0.3, -0.25) is 0 Å². The minimum Gasteiger partial charge on any atom is -0.0825 e. The van der Waals surface area contributed by atoms with Crippen molar-refractivity contribution in [3.8, 4) is 44.5 Å². The first-order chi connectivity index (χ1) is 26.2. The van der Waals surface area contributed by atoms with Crippen LogP contribution in [-0.2, 0) is 23.6 Å². The predicted octanol–water partition coefficient (Wildman–Crippen LogP) is 11.0. The molecule has 0 fully saturated rings. The van der Waals surface area contributed by atoms with Crippen LogP contribution < -0.4 is 31.8 Å². The largest absolute Gasteiger partial charge is 0.0825 e. The standard InChI is InChI=1S/C50H32P2S2/c1-25-17-21-29-9-5-13-33-41(29)37(25)45-46-38-26(2)18-22-30-10-7-15-35(42(30)38)52(54)36-16-8-12-32-24-20-28(4)40(44(32)36)48(50(46)52)47-39-27(3)19-23-31-11-6-14-34(43(31)39)51(33,53)49(45)47/h5-24H,1-4H3. The van der Waals surface area contributed by atoms with Crippen LogP contribution in [0.4, 0.5) is 0 Å². The van der Waals surface area contributed by atoms with Gasteiger partial charge in [0, 0.05) is 66.2 Å². The van der Waals surface area contributed by atoms with Gasteiger partial charge in [-0.25, -0.2) is 0 Å². The van der Waals surface area contributed by atoms with E-state index in [-0.39, 0.29) is 0 Å². The van der Waals surface area contributed by atoms with Crippen LogP contribution >= 0.6 is 12.1 Å². The maximum absolute atomic E-state index is 7.58. The van der Waals surface area contributed by atoms with Crippen LogP contribution in [-0.4, -0.2) is 0 Å². The molecule has 0 N–H and O–H groups in total. The molecule has 0 saturated carbocycles. The molecule has 9 aromatic rings. The third-order valence-corrected chi connectivity index (χ3v) is 23.2. The van der Waals surface area contributed by atoms with E-state index in [2.05, 4.69) is 149 Å².